The first-order valence-electron chi connectivity index (χ1n) is 2.06. The summed E-state index contributed by atoms with van der Waals surface area (Å²) < 4.78 is 0. The van der Waals surface area contributed by atoms with Gasteiger partial charge in [-0.2, -0.15) is 10.2 Å². The lowest BCUT2D eigenvalue weighted by Gasteiger charge is -1.73. The van der Waals surface area contributed by atoms with Gasteiger partial charge in [-0.15, -0.1) is 5.10 Å². The highest BCUT2D eigenvalue weighted by Crippen LogP contribution is 2.09. The van der Waals surface area contributed by atoms with Crippen LogP contribution in [0.2, 0.25) is 0 Å². The minimum Gasteiger partial charge on any atom is -0.368 e. The first-order valence-corrected chi connectivity index (χ1v) is 2.88. The lowest BCUT2D eigenvalue weighted by molar-refractivity contribution is 0.978. The van der Waals surface area contributed by atoms with Crippen molar-refractivity contribution >= 4 is 17.7 Å². The predicted molar refractivity (Wildman–Crippen MR) is 32.3 cm³/mol. The smallest absolute Gasteiger partial charge is 0.224 e. The maximum absolute atomic E-state index is 8.11. The summed E-state index contributed by atoms with van der Waals surface area (Å²) in [5, 5.41) is 16.3. The molecular formula is C3H3N5S. The second-order valence-corrected chi connectivity index (χ2v) is 1.95. The first kappa shape index (κ1) is 5.91. The van der Waals surface area contributed by atoms with Crippen LogP contribution >= 0.6 is 11.8 Å². The second-order valence-electron chi connectivity index (χ2n) is 1.20. The zero-order chi connectivity index (χ0) is 6.69. The zero-order valence-corrected chi connectivity index (χ0v) is 5.14. The number of nitrogens with two attached hydrogens (primary N) is 1. The summed E-state index contributed by atoms with van der Waals surface area (Å²) in [4.78, 5) is 3.65. The highest BCUT2D eigenvalue weighted by Gasteiger charge is 1.97. The lowest BCUT2D eigenvalue weighted by atomic mass is 11.1. The van der Waals surface area contributed by atoms with Gasteiger partial charge in [-0.1, -0.05) is 0 Å². The maximum atomic E-state index is 8.11. The highest BCUT2D eigenvalue weighted by atomic mass is 32.2. The number of hydrogen-bond acceptors (Lipinski definition) is 5. The molecule has 0 aliphatic heterocycles. The Hall–Kier alpha value is -1.22. The molecule has 46 valence electrons. The van der Waals surface area contributed by atoms with Crippen LogP contribution in [0, 0.1) is 10.7 Å². The SMILES string of the molecule is N#CSc1n[nH]c(N)n1. The summed E-state index contributed by atoms with van der Waals surface area (Å²) in [7, 11) is 0. The van der Waals surface area contributed by atoms with Crippen LogP contribution in [0.4, 0.5) is 5.95 Å². The molecule has 0 aliphatic rings. The summed E-state index contributed by atoms with van der Waals surface area (Å²) in [6.07, 6.45) is 0. The van der Waals surface area contributed by atoms with E-state index in [2.05, 4.69) is 15.2 Å². The quantitative estimate of drug-likeness (QED) is 0.423. The van der Waals surface area contributed by atoms with Crippen molar-refractivity contribution < 1.29 is 0 Å². The maximum Gasteiger partial charge on any atom is 0.224 e. The molecule has 0 aliphatic carbocycles. The number of H-pyrrole nitrogens is 1. The number of rotatable bonds is 1. The Morgan fingerprint density at radius 1 is 1.78 bits per heavy atom. The number of nitriles is 1. The largest absolute Gasteiger partial charge is 0.368 e. The molecule has 1 rings (SSSR count). The molecule has 0 spiro atoms. The van der Waals surface area contributed by atoms with Gasteiger partial charge in [0.1, 0.15) is 5.40 Å². The Balaban J connectivity index is 2.76. The Morgan fingerprint density at radius 2 is 2.56 bits per heavy atom. The van der Waals surface area contributed by atoms with E-state index in [0.29, 0.717) is 5.16 Å². The van der Waals surface area contributed by atoms with Crippen molar-refractivity contribution in [3.8, 4) is 5.40 Å². The Bertz CT molecular complexity index is 235. The molecule has 1 aromatic rings. The van der Waals surface area contributed by atoms with Crippen molar-refractivity contribution in [3.63, 3.8) is 0 Å². The highest BCUT2D eigenvalue weighted by molar-refractivity contribution is 8.03. The van der Waals surface area contributed by atoms with E-state index in [1.165, 1.54) is 0 Å². The van der Waals surface area contributed by atoms with E-state index in [-0.39, 0.29) is 5.95 Å². The van der Waals surface area contributed by atoms with Crippen molar-refractivity contribution in [1.29, 1.82) is 5.26 Å². The molecule has 9 heavy (non-hydrogen) atoms. The van der Waals surface area contributed by atoms with Crippen molar-refractivity contribution in [3.05, 3.63) is 0 Å². The van der Waals surface area contributed by atoms with Crippen LogP contribution in [-0.2, 0) is 0 Å². The van der Waals surface area contributed by atoms with Gasteiger partial charge in [-0.25, -0.2) is 5.10 Å². The van der Waals surface area contributed by atoms with Gasteiger partial charge in [0.05, 0.1) is 0 Å². The van der Waals surface area contributed by atoms with E-state index in [1.807, 2.05) is 5.40 Å². The van der Waals surface area contributed by atoms with Gasteiger partial charge in [0, 0.05) is 11.8 Å². The molecule has 6 heteroatoms. The Labute approximate surface area is 55.3 Å². The van der Waals surface area contributed by atoms with Gasteiger partial charge in [-0.3, -0.25) is 0 Å². The third kappa shape index (κ3) is 1.33. The number of thioether (sulfide) groups is 1. The summed E-state index contributed by atoms with van der Waals surface area (Å²) in [6, 6.07) is 0. The normalized spacial score (nSPS) is 8.78. The molecule has 1 aromatic heterocycles. The molecule has 0 atom stereocenters. The predicted octanol–water partition coefficient (Wildman–Crippen LogP) is -0.0399. The molecule has 0 unspecified atom stereocenters. The number of anilines is 1. The zero-order valence-electron chi connectivity index (χ0n) is 4.33. The Kier molecular flexibility index (Phi) is 1.55. The van der Waals surface area contributed by atoms with Gasteiger partial charge in [0.25, 0.3) is 0 Å². The van der Waals surface area contributed by atoms with Gasteiger partial charge < -0.3 is 5.73 Å². The summed E-state index contributed by atoms with van der Waals surface area (Å²) >= 11 is 0.868. The van der Waals surface area contributed by atoms with Crippen molar-refractivity contribution in [2.45, 2.75) is 5.16 Å². The number of hydrogen-bond donors (Lipinski definition) is 2. The lowest BCUT2D eigenvalue weighted by Crippen LogP contribution is -1.84. The summed E-state index contributed by atoms with van der Waals surface area (Å²) in [6.45, 7) is 0. The monoisotopic (exact) mass is 141 g/mol. The van der Waals surface area contributed by atoms with E-state index >= 15 is 0 Å². The van der Waals surface area contributed by atoms with E-state index in [1.54, 1.807) is 0 Å². The van der Waals surface area contributed by atoms with Crippen molar-refractivity contribution in [2.24, 2.45) is 0 Å². The second kappa shape index (κ2) is 2.37. The van der Waals surface area contributed by atoms with Crippen LogP contribution in [0.15, 0.2) is 5.16 Å². The van der Waals surface area contributed by atoms with E-state index < -0.39 is 0 Å². The van der Waals surface area contributed by atoms with E-state index in [9.17, 15) is 0 Å². The average molecular weight is 141 g/mol. The van der Waals surface area contributed by atoms with Crippen molar-refractivity contribution in [2.75, 3.05) is 5.73 Å². The third-order valence-corrected chi connectivity index (χ3v) is 1.08. The van der Waals surface area contributed by atoms with E-state index in [0.717, 1.165) is 11.8 Å². The van der Waals surface area contributed by atoms with Gasteiger partial charge >= 0.3 is 0 Å². The summed E-state index contributed by atoms with van der Waals surface area (Å²) in [5.74, 6) is 0.229. The van der Waals surface area contributed by atoms with Gasteiger partial charge in [-0.05, 0) is 0 Å². The van der Waals surface area contributed by atoms with Crippen LogP contribution in [0.1, 0.15) is 0 Å². The number of aromatic amines is 1. The molecule has 0 saturated heterocycles. The fourth-order valence-electron chi connectivity index (χ4n) is 0.345. The standard InChI is InChI=1S/C3H3N5S/c4-1-9-3-6-2(5)7-8-3/h(H3,5,6,7,8). The average Bonchev–Trinajstić information content (AvgIpc) is 2.17. The van der Waals surface area contributed by atoms with Gasteiger partial charge in [0.15, 0.2) is 0 Å². The fourth-order valence-corrected chi connectivity index (χ4v) is 0.662. The number of nitrogens with zero attached hydrogens (tertiary/aromatic N) is 3. The minimum atomic E-state index is 0.229. The molecule has 0 saturated carbocycles. The molecule has 0 amide bonds. The summed E-state index contributed by atoms with van der Waals surface area (Å²) in [5.41, 5.74) is 5.16. The van der Waals surface area contributed by atoms with Crippen LogP contribution in [0.25, 0.3) is 0 Å². The number of nitrogens with one attached hydrogen (secondary N) is 1. The first-order chi connectivity index (χ1) is 4.33. The van der Waals surface area contributed by atoms with Crippen molar-refractivity contribution in [1.82, 2.24) is 15.2 Å². The number of nitrogen functional groups attached to an aromatic ring is 1. The van der Waals surface area contributed by atoms with Crippen LogP contribution in [-0.4, -0.2) is 15.2 Å². The number of aromatic nitrogens is 3. The topological polar surface area (TPSA) is 91.4 Å². The molecule has 5 nitrogen and oxygen atoms in total. The number of thiocyanates is 1. The fraction of sp³-hybridized carbons (Fsp3) is 0. The molecular weight excluding hydrogens is 138 g/mol. The van der Waals surface area contributed by atoms with Crippen LogP contribution < -0.4 is 5.73 Å². The molecule has 3 N–H and O–H groups in total. The van der Waals surface area contributed by atoms with Crippen LogP contribution in [0.5, 0.6) is 0 Å². The van der Waals surface area contributed by atoms with E-state index in [4.69, 9.17) is 11.0 Å². The minimum absolute atomic E-state index is 0.229. The molecule has 0 fully saturated rings. The Morgan fingerprint density at radius 3 is 3.00 bits per heavy atom. The van der Waals surface area contributed by atoms with Gasteiger partial charge in [0.2, 0.25) is 11.1 Å². The molecule has 0 bridgehead atoms. The van der Waals surface area contributed by atoms with Crippen LogP contribution in [0.3, 0.4) is 0 Å². The molecule has 0 aromatic carbocycles. The molecule has 0 radical (unpaired) electrons. The third-order valence-electron chi connectivity index (χ3n) is 0.619. The molecule has 1 heterocycles.